The summed E-state index contributed by atoms with van der Waals surface area (Å²) in [5, 5.41) is 9.14. The van der Waals surface area contributed by atoms with Crippen molar-refractivity contribution < 1.29 is 9.90 Å². The quantitative estimate of drug-likeness (QED) is 0.848. The number of carbonyl (C=O) groups is 1. The molecule has 0 radical (unpaired) electrons. The molecule has 2 atom stereocenters. The van der Waals surface area contributed by atoms with Crippen LogP contribution in [-0.2, 0) is 4.79 Å². The number of hydrogen-bond acceptors (Lipinski definition) is 2. The second-order valence-electron chi connectivity index (χ2n) is 4.32. The first-order chi connectivity index (χ1) is 7.70. The maximum Gasteiger partial charge on any atom is 0.320 e. The van der Waals surface area contributed by atoms with Crippen LogP contribution in [0.5, 0.6) is 0 Å². The highest BCUT2D eigenvalue weighted by molar-refractivity contribution is 5.73. The second kappa shape index (κ2) is 4.66. The molecule has 0 aromatic heterocycles. The van der Waals surface area contributed by atoms with E-state index in [-0.39, 0.29) is 12.1 Å². The predicted molar refractivity (Wildman–Crippen MR) is 62.2 cm³/mol. The first kappa shape index (κ1) is 11.1. The minimum atomic E-state index is -0.694. The molecule has 1 heterocycles. The van der Waals surface area contributed by atoms with E-state index < -0.39 is 5.97 Å². The third-order valence-corrected chi connectivity index (χ3v) is 3.36. The Hall–Kier alpha value is -1.35. The number of aliphatic carboxylic acids is 1. The first-order valence-corrected chi connectivity index (χ1v) is 5.73. The number of rotatable bonds is 3. The summed E-state index contributed by atoms with van der Waals surface area (Å²) in [6, 6.07) is 9.97. The molecule has 0 amide bonds. The number of benzene rings is 1. The number of nitrogens with zero attached hydrogens (tertiary/aromatic N) is 1. The molecule has 0 spiro atoms. The lowest BCUT2D eigenvalue weighted by Crippen LogP contribution is -2.37. The molecule has 0 saturated carbocycles. The summed E-state index contributed by atoms with van der Waals surface area (Å²) in [7, 11) is 0. The fraction of sp³-hybridized carbons (Fsp3) is 0.462. The van der Waals surface area contributed by atoms with Crippen LogP contribution in [0.1, 0.15) is 31.4 Å². The van der Waals surface area contributed by atoms with Crippen LogP contribution in [0.4, 0.5) is 0 Å². The maximum absolute atomic E-state index is 11.1. The zero-order valence-electron chi connectivity index (χ0n) is 9.47. The van der Waals surface area contributed by atoms with Gasteiger partial charge in [0, 0.05) is 6.04 Å². The van der Waals surface area contributed by atoms with Gasteiger partial charge in [-0.3, -0.25) is 9.69 Å². The Balaban J connectivity index is 2.15. The molecule has 86 valence electrons. The third kappa shape index (κ3) is 2.09. The van der Waals surface area contributed by atoms with E-state index in [2.05, 4.69) is 24.0 Å². The van der Waals surface area contributed by atoms with Crippen molar-refractivity contribution >= 4 is 5.97 Å². The minimum Gasteiger partial charge on any atom is -0.480 e. The smallest absolute Gasteiger partial charge is 0.320 e. The molecular weight excluding hydrogens is 202 g/mol. The van der Waals surface area contributed by atoms with Crippen LogP contribution in [0.2, 0.25) is 0 Å². The van der Waals surface area contributed by atoms with Gasteiger partial charge in [0.1, 0.15) is 6.04 Å². The number of likely N-dealkylation sites (tertiary alicyclic amines) is 1. The highest BCUT2D eigenvalue weighted by Gasteiger charge is 2.33. The Morgan fingerprint density at radius 2 is 2.12 bits per heavy atom. The zero-order valence-corrected chi connectivity index (χ0v) is 9.47. The van der Waals surface area contributed by atoms with Crippen LogP contribution < -0.4 is 0 Å². The monoisotopic (exact) mass is 219 g/mol. The predicted octanol–water partition coefficient (Wildman–Crippen LogP) is 2.30. The molecule has 3 nitrogen and oxygen atoms in total. The van der Waals surface area contributed by atoms with Gasteiger partial charge in [-0.1, -0.05) is 30.3 Å². The second-order valence-corrected chi connectivity index (χ2v) is 4.32. The summed E-state index contributed by atoms with van der Waals surface area (Å²) in [5.74, 6) is -0.694. The van der Waals surface area contributed by atoms with Crippen molar-refractivity contribution in [1.82, 2.24) is 4.90 Å². The molecule has 3 heteroatoms. The summed E-state index contributed by atoms with van der Waals surface area (Å²) in [4.78, 5) is 13.2. The lowest BCUT2D eigenvalue weighted by Gasteiger charge is -2.28. The van der Waals surface area contributed by atoms with Gasteiger partial charge in [0.05, 0.1) is 0 Å². The maximum atomic E-state index is 11.1. The van der Waals surface area contributed by atoms with E-state index in [1.54, 1.807) is 0 Å². The van der Waals surface area contributed by atoms with Gasteiger partial charge in [0.15, 0.2) is 0 Å². The van der Waals surface area contributed by atoms with Crippen LogP contribution in [-0.4, -0.2) is 28.6 Å². The van der Waals surface area contributed by atoms with Crippen molar-refractivity contribution in [2.45, 2.75) is 31.8 Å². The number of hydrogen-bond donors (Lipinski definition) is 1. The van der Waals surface area contributed by atoms with E-state index in [4.69, 9.17) is 5.11 Å². The van der Waals surface area contributed by atoms with Crippen LogP contribution in [0.3, 0.4) is 0 Å². The van der Waals surface area contributed by atoms with E-state index in [0.717, 1.165) is 19.4 Å². The van der Waals surface area contributed by atoms with Crippen LogP contribution in [0.25, 0.3) is 0 Å². The van der Waals surface area contributed by atoms with Gasteiger partial charge >= 0.3 is 5.97 Å². The number of carboxylic acids is 1. The lowest BCUT2D eigenvalue weighted by atomic mass is 10.1. The lowest BCUT2D eigenvalue weighted by molar-refractivity contribution is -0.142. The molecule has 0 aliphatic carbocycles. The van der Waals surface area contributed by atoms with Crippen LogP contribution in [0, 0.1) is 0 Å². The SMILES string of the molecule is CC(c1ccccc1)N1CCCC1C(=O)O. The van der Waals surface area contributed by atoms with E-state index in [1.807, 2.05) is 18.2 Å². The molecule has 16 heavy (non-hydrogen) atoms. The van der Waals surface area contributed by atoms with E-state index in [0.29, 0.717) is 0 Å². The largest absolute Gasteiger partial charge is 0.480 e. The molecular formula is C13H17NO2. The zero-order chi connectivity index (χ0) is 11.5. The van der Waals surface area contributed by atoms with Crippen molar-refractivity contribution in [3.8, 4) is 0 Å². The molecule has 1 aliphatic heterocycles. The van der Waals surface area contributed by atoms with Gasteiger partial charge in [-0.15, -0.1) is 0 Å². The van der Waals surface area contributed by atoms with Crippen LogP contribution in [0.15, 0.2) is 30.3 Å². The molecule has 2 unspecified atom stereocenters. The highest BCUT2D eigenvalue weighted by atomic mass is 16.4. The molecule has 0 bridgehead atoms. The van der Waals surface area contributed by atoms with Crippen molar-refractivity contribution in [3.05, 3.63) is 35.9 Å². The van der Waals surface area contributed by atoms with E-state index >= 15 is 0 Å². The summed E-state index contributed by atoms with van der Waals surface area (Å²) < 4.78 is 0. The van der Waals surface area contributed by atoms with Crippen molar-refractivity contribution in [2.24, 2.45) is 0 Å². The van der Waals surface area contributed by atoms with Gasteiger partial charge in [-0.05, 0) is 31.9 Å². The third-order valence-electron chi connectivity index (χ3n) is 3.36. The molecule has 2 rings (SSSR count). The number of carboxylic acid groups (broad SMARTS) is 1. The summed E-state index contributed by atoms with van der Waals surface area (Å²) in [6.07, 6.45) is 1.75. The van der Waals surface area contributed by atoms with Gasteiger partial charge in [0.25, 0.3) is 0 Å². The van der Waals surface area contributed by atoms with E-state index in [9.17, 15) is 4.79 Å². The van der Waals surface area contributed by atoms with Crippen molar-refractivity contribution in [3.63, 3.8) is 0 Å². The fourth-order valence-corrected chi connectivity index (χ4v) is 2.44. The van der Waals surface area contributed by atoms with Crippen LogP contribution >= 0.6 is 0 Å². The Kier molecular flexibility index (Phi) is 3.25. The summed E-state index contributed by atoms with van der Waals surface area (Å²) in [6.45, 7) is 2.96. The molecule has 1 saturated heterocycles. The molecule has 1 aromatic carbocycles. The molecule has 1 fully saturated rings. The topological polar surface area (TPSA) is 40.5 Å². The van der Waals surface area contributed by atoms with Gasteiger partial charge in [-0.2, -0.15) is 0 Å². The Morgan fingerprint density at radius 1 is 1.44 bits per heavy atom. The summed E-state index contributed by atoms with van der Waals surface area (Å²) in [5.41, 5.74) is 1.19. The Labute approximate surface area is 95.7 Å². The normalized spacial score (nSPS) is 23.2. The van der Waals surface area contributed by atoms with Gasteiger partial charge in [-0.25, -0.2) is 0 Å². The molecule has 1 N–H and O–H groups in total. The van der Waals surface area contributed by atoms with Crippen molar-refractivity contribution in [2.75, 3.05) is 6.54 Å². The standard InChI is InChI=1S/C13H17NO2/c1-10(11-6-3-2-4-7-11)14-9-5-8-12(14)13(15)16/h2-4,6-7,10,12H,5,8-9H2,1H3,(H,15,16). The fourth-order valence-electron chi connectivity index (χ4n) is 2.44. The van der Waals surface area contributed by atoms with Gasteiger partial charge in [0.2, 0.25) is 0 Å². The Morgan fingerprint density at radius 3 is 2.75 bits per heavy atom. The molecule has 1 aromatic rings. The highest BCUT2D eigenvalue weighted by Crippen LogP contribution is 2.28. The van der Waals surface area contributed by atoms with Crippen molar-refractivity contribution in [1.29, 1.82) is 0 Å². The first-order valence-electron chi connectivity index (χ1n) is 5.73. The van der Waals surface area contributed by atoms with E-state index in [1.165, 1.54) is 5.56 Å². The Bertz CT molecular complexity index is 363. The minimum absolute atomic E-state index is 0.185. The average Bonchev–Trinajstić information content (AvgIpc) is 2.78. The van der Waals surface area contributed by atoms with Gasteiger partial charge < -0.3 is 5.11 Å². The summed E-state index contributed by atoms with van der Waals surface area (Å²) >= 11 is 0. The average molecular weight is 219 g/mol. The molecule has 1 aliphatic rings.